The van der Waals surface area contributed by atoms with Crippen molar-refractivity contribution in [2.24, 2.45) is 23.7 Å². The fourth-order valence-corrected chi connectivity index (χ4v) is 3.81. The molecule has 19 heavy (non-hydrogen) atoms. The van der Waals surface area contributed by atoms with Crippen LogP contribution in [0, 0.1) is 30.6 Å². The van der Waals surface area contributed by atoms with E-state index < -0.39 is 17.8 Å². The average Bonchev–Trinajstić information content (AvgIpc) is 3.03. The molecule has 0 unspecified atom stereocenters. The number of carboxylic acid groups (broad SMARTS) is 1. The maximum Gasteiger partial charge on any atom is 0.307 e. The first-order chi connectivity index (χ1) is 9.06. The van der Waals surface area contributed by atoms with Crippen LogP contribution in [0.15, 0.2) is 17.5 Å². The second-order valence-electron chi connectivity index (χ2n) is 5.12. The van der Waals surface area contributed by atoms with Crippen molar-refractivity contribution in [1.29, 1.82) is 0 Å². The van der Waals surface area contributed by atoms with Gasteiger partial charge in [-0.15, -0.1) is 11.3 Å². The van der Waals surface area contributed by atoms with Gasteiger partial charge in [0.1, 0.15) is 0 Å². The zero-order valence-electron chi connectivity index (χ0n) is 10.4. The number of anilines is 1. The lowest BCUT2D eigenvalue weighted by Gasteiger charge is -2.23. The van der Waals surface area contributed by atoms with Crippen LogP contribution >= 0.6 is 11.3 Å². The van der Waals surface area contributed by atoms with Crippen LogP contribution in [0.25, 0.3) is 0 Å². The predicted octanol–water partition coefficient (Wildman–Crippen LogP) is 1.91. The zero-order chi connectivity index (χ0) is 13.6. The summed E-state index contributed by atoms with van der Waals surface area (Å²) in [4.78, 5) is 27.8. The summed E-state index contributed by atoms with van der Waals surface area (Å²) in [5.74, 6) is -2.14. The minimum absolute atomic E-state index is 0.00344. The number of allylic oxidation sites excluding steroid dienone is 2. The smallest absolute Gasteiger partial charge is 0.307 e. The molecule has 100 valence electrons. The molecule has 0 aromatic carbocycles. The van der Waals surface area contributed by atoms with Gasteiger partial charge in [-0.1, -0.05) is 12.2 Å². The number of hydrogen-bond donors (Lipinski definition) is 2. The maximum atomic E-state index is 12.3. The van der Waals surface area contributed by atoms with Crippen molar-refractivity contribution in [1.82, 2.24) is 4.98 Å². The number of carbonyl (C=O) groups excluding carboxylic acids is 1. The Kier molecular flexibility index (Phi) is 2.89. The van der Waals surface area contributed by atoms with Gasteiger partial charge in [-0.2, -0.15) is 0 Å². The fraction of sp³-hybridized carbons (Fsp3) is 0.462. The van der Waals surface area contributed by atoms with Gasteiger partial charge in [0.15, 0.2) is 5.13 Å². The van der Waals surface area contributed by atoms with Crippen LogP contribution in [0.4, 0.5) is 5.13 Å². The number of aryl methyl sites for hydroxylation is 1. The van der Waals surface area contributed by atoms with Crippen molar-refractivity contribution in [3.05, 3.63) is 23.2 Å². The molecule has 3 rings (SSSR count). The molecule has 1 fully saturated rings. The van der Waals surface area contributed by atoms with Crippen molar-refractivity contribution in [3.63, 3.8) is 0 Å². The Hall–Kier alpha value is -1.69. The van der Waals surface area contributed by atoms with E-state index >= 15 is 0 Å². The van der Waals surface area contributed by atoms with Crippen LogP contribution in [0.1, 0.15) is 12.1 Å². The van der Waals surface area contributed by atoms with E-state index in [1.165, 1.54) is 11.3 Å². The molecule has 5 nitrogen and oxygen atoms in total. The molecule has 1 aromatic heterocycles. The van der Waals surface area contributed by atoms with Gasteiger partial charge in [0.2, 0.25) is 5.91 Å². The van der Waals surface area contributed by atoms with E-state index in [-0.39, 0.29) is 17.7 Å². The summed E-state index contributed by atoms with van der Waals surface area (Å²) in [6, 6.07) is 0. The molecular formula is C13H14N2O3S. The Balaban J connectivity index is 1.79. The van der Waals surface area contributed by atoms with Gasteiger partial charge in [0.05, 0.1) is 17.5 Å². The summed E-state index contributed by atoms with van der Waals surface area (Å²) >= 11 is 1.36. The summed E-state index contributed by atoms with van der Waals surface area (Å²) in [7, 11) is 0. The number of nitrogens with zero attached hydrogens (tertiary/aromatic N) is 1. The summed E-state index contributed by atoms with van der Waals surface area (Å²) in [6.45, 7) is 1.85. The third kappa shape index (κ3) is 2.06. The maximum absolute atomic E-state index is 12.3. The highest BCUT2D eigenvalue weighted by molar-refractivity contribution is 7.13. The second-order valence-corrected chi connectivity index (χ2v) is 5.98. The number of aliphatic carboxylic acids is 1. The first kappa shape index (κ1) is 12.3. The van der Waals surface area contributed by atoms with E-state index in [0.717, 1.165) is 12.1 Å². The summed E-state index contributed by atoms with van der Waals surface area (Å²) < 4.78 is 0. The molecular weight excluding hydrogens is 264 g/mol. The lowest BCUT2D eigenvalue weighted by atomic mass is 9.82. The molecule has 2 bridgehead atoms. The second kappa shape index (κ2) is 4.45. The molecule has 4 atom stereocenters. The number of thiazole rings is 1. The quantitative estimate of drug-likeness (QED) is 0.828. The molecule has 2 aliphatic carbocycles. The van der Waals surface area contributed by atoms with Crippen LogP contribution < -0.4 is 5.32 Å². The van der Waals surface area contributed by atoms with E-state index in [1.807, 2.05) is 24.5 Å². The standard InChI is InChI=1S/C13H14N2O3S/c1-6-5-19-13(14-6)15-11(16)9-7-2-3-8(4-7)10(9)12(17)18/h2-3,5,7-10H,4H2,1H3,(H,17,18)(H,14,15,16)/t7-,8+,9+,10+/m0/s1. The Morgan fingerprint density at radius 3 is 2.63 bits per heavy atom. The first-order valence-corrected chi connectivity index (χ1v) is 7.08. The predicted molar refractivity (Wildman–Crippen MR) is 70.8 cm³/mol. The van der Waals surface area contributed by atoms with E-state index in [0.29, 0.717) is 5.13 Å². The molecule has 0 spiro atoms. The van der Waals surface area contributed by atoms with Gasteiger partial charge in [-0.05, 0) is 25.2 Å². The normalized spacial score (nSPS) is 31.6. The largest absolute Gasteiger partial charge is 0.481 e. The number of nitrogens with one attached hydrogen (secondary N) is 1. The number of carboxylic acids is 1. The number of amides is 1. The molecule has 0 aliphatic heterocycles. The van der Waals surface area contributed by atoms with Gasteiger partial charge in [-0.25, -0.2) is 4.98 Å². The van der Waals surface area contributed by atoms with Gasteiger partial charge in [-0.3, -0.25) is 9.59 Å². The minimum Gasteiger partial charge on any atom is -0.481 e. The molecule has 0 saturated heterocycles. The summed E-state index contributed by atoms with van der Waals surface area (Å²) in [6.07, 6.45) is 4.67. The first-order valence-electron chi connectivity index (χ1n) is 6.20. The van der Waals surface area contributed by atoms with Crippen LogP contribution in [0.3, 0.4) is 0 Å². The molecule has 0 radical (unpaired) electrons. The zero-order valence-corrected chi connectivity index (χ0v) is 11.2. The minimum atomic E-state index is -0.882. The van der Waals surface area contributed by atoms with Crippen molar-refractivity contribution in [2.45, 2.75) is 13.3 Å². The third-order valence-electron chi connectivity index (χ3n) is 3.90. The highest BCUT2D eigenvalue weighted by Gasteiger charge is 2.51. The van der Waals surface area contributed by atoms with Gasteiger partial charge >= 0.3 is 5.97 Å². The lowest BCUT2D eigenvalue weighted by molar-refractivity contribution is -0.146. The Morgan fingerprint density at radius 2 is 2.05 bits per heavy atom. The highest BCUT2D eigenvalue weighted by Crippen LogP contribution is 2.48. The molecule has 1 amide bonds. The third-order valence-corrected chi connectivity index (χ3v) is 4.77. The molecule has 2 aliphatic rings. The molecule has 1 aromatic rings. The Bertz CT molecular complexity index is 566. The van der Waals surface area contributed by atoms with Crippen molar-refractivity contribution < 1.29 is 14.7 Å². The van der Waals surface area contributed by atoms with Crippen molar-refractivity contribution in [2.75, 3.05) is 5.32 Å². The van der Waals surface area contributed by atoms with Gasteiger partial charge in [0, 0.05) is 5.38 Å². The lowest BCUT2D eigenvalue weighted by Crippen LogP contribution is -2.36. The highest BCUT2D eigenvalue weighted by atomic mass is 32.1. The van der Waals surface area contributed by atoms with Gasteiger partial charge < -0.3 is 10.4 Å². The Morgan fingerprint density at radius 1 is 1.37 bits per heavy atom. The fourth-order valence-electron chi connectivity index (χ4n) is 3.12. The average molecular weight is 278 g/mol. The van der Waals surface area contributed by atoms with Crippen molar-refractivity contribution >= 4 is 28.3 Å². The van der Waals surface area contributed by atoms with E-state index in [4.69, 9.17) is 0 Å². The molecule has 1 heterocycles. The number of aromatic nitrogens is 1. The number of rotatable bonds is 3. The molecule has 1 saturated carbocycles. The summed E-state index contributed by atoms with van der Waals surface area (Å²) in [5.41, 5.74) is 0.850. The topological polar surface area (TPSA) is 79.3 Å². The molecule has 2 N–H and O–H groups in total. The van der Waals surface area contributed by atoms with E-state index in [9.17, 15) is 14.7 Å². The van der Waals surface area contributed by atoms with Crippen molar-refractivity contribution in [3.8, 4) is 0 Å². The SMILES string of the molecule is Cc1csc(NC(=O)[C@H]2[C@H](C(=O)O)[C@@H]3C=C[C@H]2C3)n1. The number of carbonyl (C=O) groups is 2. The van der Waals surface area contributed by atoms with Gasteiger partial charge in [0.25, 0.3) is 0 Å². The monoisotopic (exact) mass is 278 g/mol. The number of hydrogen-bond acceptors (Lipinski definition) is 4. The Labute approximate surface area is 114 Å². The van der Waals surface area contributed by atoms with E-state index in [1.54, 1.807) is 0 Å². The molecule has 6 heteroatoms. The van der Waals surface area contributed by atoms with Crippen LogP contribution in [0.2, 0.25) is 0 Å². The van der Waals surface area contributed by atoms with Crippen LogP contribution in [-0.2, 0) is 9.59 Å². The summed E-state index contributed by atoms with van der Waals surface area (Å²) in [5, 5.41) is 14.4. The van der Waals surface area contributed by atoms with E-state index in [2.05, 4.69) is 10.3 Å². The van der Waals surface area contributed by atoms with Crippen LogP contribution in [0.5, 0.6) is 0 Å². The number of fused-ring (bicyclic) bond motifs is 2. The van der Waals surface area contributed by atoms with Crippen LogP contribution in [-0.4, -0.2) is 22.0 Å².